The molecule has 2 aliphatic rings. The molecular weight excluding hydrogens is 420 g/mol. The summed E-state index contributed by atoms with van der Waals surface area (Å²) in [6.45, 7) is 3.21. The van der Waals surface area contributed by atoms with Gasteiger partial charge in [0, 0.05) is 23.3 Å². The summed E-state index contributed by atoms with van der Waals surface area (Å²) in [5.41, 5.74) is 5.25. The SMILES string of the molecule is Cc1c2[n+]3c4c(cccc4c4cccc5c4c3n1C5)O[Si]2(c1ccccc1)c1ccccc1. The van der Waals surface area contributed by atoms with Crippen LogP contribution in [-0.2, 0) is 6.54 Å². The molecule has 0 radical (unpaired) electrons. The Hall–Kier alpha value is -3.89. The van der Waals surface area contributed by atoms with Crippen LogP contribution in [0.3, 0.4) is 0 Å². The lowest BCUT2D eigenvalue weighted by Gasteiger charge is -2.34. The summed E-state index contributed by atoms with van der Waals surface area (Å²) in [4.78, 5) is 0. The zero-order chi connectivity index (χ0) is 21.7. The molecule has 8 rings (SSSR count). The number of benzene rings is 4. The van der Waals surface area contributed by atoms with Gasteiger partial charge in [0.15, 0.2) is 16.6 Å². The molecule has 33 heavy (non-hydrogen) atoms. The summed E-state index contributed by atoms with van der Waals surface area (Å²) in [6.07, 6.45) is 0. The third kappa shape index (κ3) is 1.95. The fourth-order valence-corrected chi connectivity index (χ4v) is 10.5. The highest BCUT2D eigenvalue weighted by Crippen LogP contribution is 2.39. The van der Waals surface area contributed by atoms with Gasteiger partial charge in [-0.25, -0.2) is 4.57 Å². The second-order valence-electron chi connectivity index (χ2n) is 9.19. The first-order valence-electron chi connectivity index (χ1n) is 11.5. The lowest BCUT2D eigenvalue weighted by molar-refractivity contribution is -0.462. The van der Waals surface area contributed by atoms with Gasteiger partial charge in [0.05, 0.1) is 5.39 Å². The number of hydrogen-bond acceptors (Lipinski definition) is 1. The minimum Gasteiger partial charge on any atom is -0.525 e. The maximum atomic E-state index is 7.32. The molecule has 2 aromatic heterocycles. The molecule has 2 aliphatic heterocycles. The zero-order valence-electron chi connectivity index (χ0n) is 18.2. The van der Waals surface area contributed by atoms with Crippen LogP contribution < -0.4 is 24.5 Å². The summed E-state index contributed by atoms with van der Waals surface area (Å²) in [7, 11) is -2.80. The van der Waals surface area contributed by atoms with Crippen LogP contribution in [0.2, 0.25) is 0 Å². The van der Waals surface area contributed by atoms with Gasteiger partial charge in [-0.15, -0.1) is 0 Å². The van der Waals surface area contributed by atoms with E-state index in [2.05, 4.69) is 113 Å². The van der Waals surface area contributed by atoms with Crippen molar-refractivity contribution in [3.05, 3.63) is 108 Å². The third-order valence-electron chi connectivity index (χ3n) is 7.61. The van der Waals surface area contributed by atoms with Crippen LogP contribution in [0.15, 0.2) is 97.1 Å². The molecule has 0 N–H and O–H groups in total. The first-order chi connectivity index (χ1) is 16.3. The van der Waals surface area contributed by atoms with Gasteiger partial charge in [-0.1, -0.05) is 84.9 Å². The molecule has 4 heteroatoms. The predicted molar refractivity (Wildman–Crippen MR) is 135 cm³/mol. The van der Waals surface area contributed by atoms with E-state index >= 15 is 0 Å². The zero-order valence-corrected chi connectivity index (χ0v) is 19.2. The maximum absolute atomic E-state index is 7.32. The second kappa shape index (κ2) is 5.91. The largest absolute Gasteiger partial charge is 0.525 e. The molecule has 0 saturated heterocycles. The van der Waals surface area contributed by atoms with Crippen LogP contribution in [0.25, 0.3) is 27.3 Å². The minimum atomic E-state index is -2.80. The molecule has 0 saturated carbocycles. The Morgan fingerprint density at radius 2 is 1.42 bits per heavy atom. The van der Waals surface area contributed by atoms with Crippen molar-refractivity contribution < 1.29 is 8.83 Å². The molecule has 0 unspecified atom stereocenters. The molecular formula is C29H21N2OSi+. The van der Waals surface area contributed by atoms with Gasteiger partial charge in [0.1, 0.15) is 12.2 Å². The summed E-state index contributed by atoms with van der Waals surface area (Å²) in [5, 5.41) is 7.89. The van der Waals surface area contributed by atoms with Crippen molar-refractivity contribution in [2.45, 2.75) is 13.5 Å². The Labute approximate surface area is 192 Å². The predicted octanol–water partition coefficient (Wildman–Crippen LogP) is 3.56. The topological polar surface area (TPSA) is 18.3 Å². The molecule has 0 spiro atoms. The highest BCUT2D eigenvalue weighted by Gasteiger charge is 2.56. The van der Waals surface area contributed by atoms with E-state index in [1.165, 1.54) is 54.3 Å². The normalized spacial score (nSPS) is 15.2. The van der Waals surface area contributed by atoms with Crippen LogP contribution in [0, 0.1) is 6.92 Å². The minimum absolute atomic E-state index is 0.918. The molecule has 0 atom stereocenters. The van der Waals surface area contributed by atoms with Crippen molar-refractivity contribution in [2.24, 2.45) is 0 Å². The van der Waals surface area contributed by atoms with Crippen LogP contribution >= 0.6 is 0 Å². The van der Waals surface area contributed by atoms with Crippen molar-refractivity contribution in [2.75, 3.05) is 0 Å². The monoisotopic (exact) mass is 441 g/mol. The maximum Gasteiger partial charge on any atom is 0.393 e. The van der Waals surface area contributed by atoms with Crippen molar-refractivity contribution in [3.63, 3.8) is 0 Å². The van der Waals surface area contributed by atoms with Crippen molar-refractivity contribution in [1.29, 1.82) is 0 Å². The highest BCUT2D eigenvalue weighted by molar-refractivity contribution is 7.07. The first kappa shape index (κ1) is 17.6. The van der Waals surface area contributed by atoms with Gasteiger partial charge < -0.3 is 4.43 Å². The van der Waals surface area contributed by atoms with E-state index in [0.29, 0.717) is 0 Å². The number of pyridine rings is 1. The Balaban J connectivity index is 1.67. The number of nitrogens with zero attached hydrogens (tertiary/aromatic N) is 2. The van der Waals surface area contributed by atoms with E-state index in [4.69, 9.17) is 4.43 Å². The van der Waals surface area contributed by atoms with Crippen molar-refractivity contribution in [1.82, 2.24) is 4.57 Å². The molecule has 0 fully saturated rings. The molecule has 3 nitrogen and oxygen atoms in total. The second-order valence-corrected chi connectivity index (χ2v) is 12.4. The van der Waals surface area contributed by atoms with Gasteiger partial charge in [0.25, 0.3) is 5.65 Å². The number of fused-ring (bicyclic) bond motifs is 1. The lowest BCUT2D eigenvalue weighted by Crippen LogP contribution is -2.78. The van der Waals surface area contributed by atoms with Gasteiger partial charge in [-0.05, 0) is 22.5 Å². The molecule has 156 valence electrons. The van der Waals surface area contributed by atoms with Crippen molar-refractivity contribution in [3.8, 4) is 5.75 Å². The van der Waals surface area contributed by atoms with Crippen molar-refractivity contribution >= 4 is 51.3 Å². The summed E-state index contributed by atoms with van der Waals surface area (Å²) in [5.74, 6) is 0.987. The summed E-state index contributed by atoms with van der Waals surface area (Å²) >= 11 is 0. The summed E-state index contributed by atoms with van der Waals surface area (Å²) in [6, 6.07) is 35.1. The number of rotatable bonds is 2. The van der Waals surface area contributed by atoms with Gasteiger partial charge >= 0.3 is 8.32 Å². The van der Waals surface area contributed by atoms with E-state index < -0.39 is 8.32 Å². The Kier molecular flexibility index (Phi) is 3.16. The average Bonchev–Trinajstić information content (AvgIpc) is 3.40. The first-order valence-corrected chi connectivity index (χ1v) is 13.4. The van der Waals surface area contributed by atoms with Crippen LogP contribution in [0.4, 0.5) is 0 Å². The molecule has 4 aromatic carbocycles. The Morgan fingerprint density at radius 1 is 0.758 bits per heavy atom. The lowest BCUT2D eigenvalue weighted by atomic mass is 10.0. The third-order valence-corrected chi connectivity index (χ3v) is 11.7. The van der Waals surface area contributed by atoms with Crippen LogP contribution in [-0.4, -0.2) is 12.9 Å². The fraction of sp³-hybridized carbons (Fsp3) is 0.0690. The van der Waals surface area contributed by atoms with Gasteiger partial charge in [-0.2, -0.15) is 4.40 Å². The Morgan fingerprint density at radius 3 is 2.15 bits per heavy atom. The van der Waals surface area contributed by atoms with E-state index in [1.807, 2.05) is 0 Å². The summed E-state index contributed by atoms with van der Waals surface area (Å²) < 4.78 is 12.4. The molecule has 6 aromatic rings. The van der Waals surface area contributed by atoms with E-state index in [9.17, 15) is 0 Å². The molecule has 4 heterocycles. The molecule has 0 aliphatic carbocycles. The van der Waals surface area contributed by atoms with E-state index in [1.54, 1.807) is 0 Å². The van der Waals surface area contributed by atoms with E-state index in [0.717, 1.165) is 12.3 Å². The Bertz CT molecular complexity index is 1730. The van der Waals surface area contributed by atoms with Crippen LogP contribution in [0.5, 0.6) is 5.75 Å². The average molecular weight is 442 g/mol. The smallest absolute Gasteiger partial charge is 0.393 e. The van der Waals surface area contributed by atoms with Gasteiger partial charge in [-0.3, -0.25) is 0 Å². The number of para-hydroxylation sites is 1. The number of imidazole rings is 1. The number of aromatic nitrogens is 2. The quantitative estimate of drug-likeness (QED) is 0.228. The highest BCUT2D eigenvalue weighted by atomic mass is 28.4. The number of hydrogen-bond donors (Lipinski definition) is 0. The molecule has 0 bridgehead atoms. The van der Waals surface area contributed by atoms with Crippen LogP contribution in [0.1, 0.15) is 11.3 Å². The molecule has 0 amide bonds. The van der Waals surface area contributed by atoms with E-state index in [-0.39, 0.29) is 0 Å². The standard InChI is InChI=1S/C29H21N2OSi/c1-19-29-31-27-24(23-15-8-10-20-18-30(19)28(31)26(20)23)16-9-17-25(27)32-33(29,21-11-4-2-5-12-21)22-13-6-3-7-14-22/h2-17H,18H2,1H3/q+1. The fourth-order valence-electron chi connectivity index (χ4n) is 6.31. The van der Waals surface area contributed by atoms with Gasteiger partial charge in [0.2, 0.25) is 0 Å².